The fraction of sp³-hybridized carbons (Fsp3) is 0.381. The third kappa shape index (κ3) is 4.78. The van der Waals surface area contributed by atoms with Crippen LogP contribution >= 0.6 is 0 Å². The highest BCUT2D eigenvalue weighted by Crippen LogP contribution is 2.27. The lowest BCUT2D eigenvalue weighted by molar-refractivity contribution is -0.116. The van der Waals surface area contributed by atoms with Gasteiger partial charge < -0.3 is 9.88 Å². The minimum absolute atomic E-state index is 0.0191. The molecule has 30 heavy (non-hydrogen) atoms. The zero-order chi connectivity index (χ0) is 21.7. The van der Waals surface area contributed by atoms with Gasteiger partial charge in [-0.3, -0.25) is 9.59 Å². The number of carbonyl (C=O) groups is 1. The molecule has 1 fully saturated rings. The average Bonchev–Trinajstić information content (AvgIpc) is 2.75. The van der Waals surface area contributed by atoms with Gasteiger partial charge in [0, 0.05) is 25.0 Å². The molecule has 0 spiro atoms. The predicted octanol–water partition coefficient (Wildman–Crippen LogP) is 2.31. The lowest BCUT2D eigenvalue weighted by Gasteiger charge is -2.30. The van der Waals surface area contributed by atoms with Gasteiger partial charge in [-0.25, -0.2) is 8.42 Å². The first kappa shape index (κ1) is 21.7. The SMILES string of the molecule is CN(C1CCCCC1)S(=O)(=O)c1ccc(NC(=O)Cn2cccc(C#N)c2=O)cc1. The Morgan fingerprint density at radius 1 is 1.20 bits per heavy atom. The van der Waals surface area contributed by atoms with Crippen molar-refractivity contribution in [2.75, 3.05) is 12.4 Å². The Morgan fingerprint density at radius 3 is 2.50 bits per heavy atom. The minimum Gasteiger partial charge on any atom is -0.325 e. The molecule has 3 rings (SSSR count). The fourth-order valence-corrected chi connectivity index (χ4v) is 5.03. The highest BCUT2D eigenvalue weighted by molar-refractivity contribution is 7.89. The van der Waals surface area contributed by atoms with Crippen molar-refractivity contribution in [1.29, 1.82) is 5.26 Å². The van der Waals surface area contributed by atoms with E-state index < -0.39 is 21.5 Å². The van der Waals surface area contributed by atoms with E-state index in [-0.39, 0.29) is 23.0 Å². The van der Waals surface area contributed by atoms with Crippen LogP contribution in [0.1, 0.15) is 37.7 Å². The zero-order valence-corrected chi connectivity index (χ0v) is 17.6. The summed E-state index contributed by atoms with van der Waals surface area (Å²) in [4.78, 5) is 24.4. The third-order valence-corrected chi connectivity index (χ3v) is 7.28. The van der Waals surface area contributed by atoms with E-state index in [9.17, 15) is 18.0 Å². The van der Waals surface area contributed by atoms with Crippen molar-refractivity contribution >= 4 is 21.6 Å². The molecular weight excluding hydrogens is 404 g/mol. The monoisotopic (exact) mass is 428 g/mol. The molecule has 1 aliphatic rings. The molecule has 1 aliphatic carbocycles. The molecule has 1 amide bonds. The molecule has 1 aromatic heterocycles. The molecule has 8 nitrogen and oxygen atoms in total. The predicted molar refractivity (Wildman–Crippen MR) is 112 cm³/mol. The molecular formula is C21H24N4O4S. The van der Waals surface area contributed by atoms with Crippen molar-refractivity contribution < 1.29 is 13.2 Å². The van der Waals surface area contributed by atoms with E-state index >= 15 is 0 Å². The molecule has 1 N–H and O–H groups in total. The summed E-state index contributed by atoms with van der Waals surface area (Å²) in [6, 6.07) is 10.7. The molecule has 158 valence electrons. The Kier molecular flexibility index (Phi) is 6.70. The molecule has 1 saturated carbocycles. The molecule has 0 unspecified atom stereocenters. The summed E-state index contributed by atoms with van der Waals surface area (Å²) in [6.45, 7) is -0.251. The van der Waals surface area contributed by atoms with E-state index in [0.717, 1.165) is 36.7 Å². The number of nitrogens with one attached hydrogen (secondary N) is 1. The Morgan fingerprint density at radius 2 is 1.87 bits per heavy atom. The van der Waals surface area contributed by atoms with Crippen molar-refractivity contribution in [1.82, 2.24) is 8.87 Å². The van der Waals surface area contributed by atoms with Gasteiger partial charge in [0.05, 0.1) is 4.90 Å². The van der Waals surface area contributed by atoms with Gasteiger partial charge in [-0.05, 0) is 49.2 Å². The van der Waals surface area contributed by atoms with E-state index in [2.05, 4.69) is 5.32 Å². The number of nitrogens with zero attached hydrogens (tertiary/aromatic N) is 3. The number of pyridine rings is 1. The van der Waals surface area contributed by atoms with Gasteiger partial charge in [-0.15, -0.1) is 0 Å². The Hall–Kier alpha value is -2.96. The topological polar surface area (TPSA) is 112 Å². The van der Waals surface area contributed by atoms with Crippen LogP contribution in [-0.4, -0.2) is 36.3 Å². The van der Waals surface area contributed by atoms with Gasteiger partial charge in [0.1, 0.15) is 18.2 Å². The summed E-state index contributed by atoms with van der Waals surface area (Å²) in [5, 5.41) is 11.5. The van der Waals surface area contributed by atoms with E-state index in [1.807, 2.05) is 0 Å². The van der Waals surface area contributed by atoms with Crippen molar-refractivity contribution in [2.24, 2.45) is 0 Å². The number of benzene rings is 1. The number of amides is 1. The second-order valence-electron chi connectivity index (χ2n) is 7.35. The van der Waals surface area contributed by atoms with Crippen molar-refractivity contribution in [3.8, 4) is 6.07 Å². The maximum Gasteiger partial charge on any atom is 0.268 e. The molecule has 0 aliphatic heterocycles. The normalized spacial score (nSPS) is 15.0. The number of sulfonamides is 1. The van der Waals surface area contributed by atoms with Crippen molar-refractivity contribution in [3.63, 3.8) is 0 Å². The molecule has 2 aromatic rings. The van der Waals surface area contributed by atoms with E-state index in [4.69, 9.17) is 5.26 Å². The molecule has 0 atom stereocenters. The summed E-state index contributed by atoms with van der Waals surface area (Å²) < 4.78 is 28.4. The third-order valence-electron chi connectivity index (χ3n) is 5.36. The minimum atomic E-state index is -3.60. The molecule has 1 aromatic carbocycles. The maximum absolute atomic E-state index is 12.9. The van der Waals surface area contributed by atoms with Crippen LogP contribution in [0.2, 0.25) is 0 Å². The quantitative estimate of drug-likeness (QED) is 0.759. The number of nitriles is 1. The molecule has 0 radical (unpaired) electrons. The van der Waals surface area contributed by atoms with E-state index in [1.165, 1.54) is 46.9 Å². The summed E-state index contributed by atoms with van der Waals surface area (Å²) in [7, 11) is -1.98. The van der Waals surface area contributed by atoms with Crippen LogP contribution in [0.3, 0.4) is 0 Å². The number of aromatic nitrogens is 1. The first-order valence-electron chi connectivity index (χ1n) is 9.80. The Labute approximate surface area is 175 Å². The first-order valence-corrected chi connectivity index (χ1v) is 11.2. The van der Waals surface area contributed by atoms with E-state index in [0.29, 0.717) is 5.69 Å². The van der Waals surface area contributed by atoms with Crippen LogP contribution in [0.15, 0.2) is 52.3 Å². The number of anilines is 1. The van der Waals surface area contributed by atoms with Gasteiger partial charge in [0.25, 0.3) is 5.56 Å². The maximum atomic E-state index is 12.9. The first-order chi connectivity index (χ1) is 14.3. The smallest absolute Gasteiger partial charge is 0.268 e. The average molecular weight is 429 g/mol. The Balaban J connectivity index is 1.67. The van der Waals surface area contributed by atoms with Gasteiger partial charge >= 0.3 is 0 Å². The number of carbonyl (C=O) groups excluding carboxylic acids is 1. The van der Waals surface area contributed by atoms with Crippen LogP contribution in [0, 0.1) is 11.3 Å². The van der Waals surface area contributed by atoms with Crippen LogP contribution in [-0.2, 0) is 21.4 Å². The summed E-state index contributed by atoms with van der Waals surface area (Å²) in [5.41, 5.74) is -0.159. The second-order valence-corrected chi connectivity index (χ2v) is 9.35. The van der Waals surface area contributed by atoms with Gasteiger partial charge in [0.2, 0.25) is 15.9 Å². The standard InChI is InChI=1S/C21H24N4O4S/c1-24(18-7-3-2-4-8-18)30(28,29)19-11-9-17(10-12-19)23-20(26)15-25-13-5-6-16(14-22)21(25)27/h5-6,9-13,18H,2-4,7-8,15H2,1H3,(H,23,26). The second kappa shape index (κ2) is 9.24. The van der Waals surface area contributed by atoms with Gasteiger partial charge in [0.15, 0.2) is 0 Å². The Bertz CT molecular complexity index is 1110. The largest absolute Gasteiger partial charge is 0.325 e. The van der Waals surface area contributed by atoms with Crippen molar-refractivity contribution in [3.05, 3.63) is 58.5 Å². The number of rotatable bonds is 6. The highest BCUT2D eigenvalue weighted by Gasteiger charge is 2.28. The van der Waals surface area contributed by atoms with Crippen molar-refractivity contribution in [2.45, 2.75) is 49.6 Å². The van der Waals surface area contributed by atoms with Crippen LogP contribution in [0.4, 0.5) is 5.69 Å². The van der Waals surface area contributed by atoms with Crippen LogP contribution in [0.5, 0.6) is 0 Å². The summed E-state index contributed by atoms with van der Waals surface area (Å²) in [6.07, 6.45) is 6.39. The van der Waals surface area contributed by atoms with E-state index in [1.54, 1.807) is 13.1 Å². The molecule has 1 heterocycles. The molecule has 9 heteroatoms. The number of hydrogen-bond acceptors (Lipinski definition) is 5. The lowest BCUT2D eigenvalue weighted by atomic mass is 9.96. The summed E-state index contributed by atoms with van der Waals surface area (Å²) >= 11 is 0. The molecule has 0 bridgehead atoms. The van der Waals surface area contributed by atoms with Crippen LogP contribution in [0.25, 0.3) is 0 Å². The highest BCUT2D eigenvalue weighted by atomic mass is 32.2. The molecule has 0 saturated heterocycles. The summed E-state index contributed by atoms with van der Waals surface area (Å²) in [5.74, 6) is -0.456. The fourth-order valence-electron chi connectivity index (χ4n) is 3.62. The van der Waals surface area contributed by atoms with Gasteiger partial charge in [-0.2, -0.15) is 9.57 Å². The lowest BCUT2D eigenvalue weighted by Crippen LogP contribution is -2.38. The van der Waals surface area contributed by atoms with Crippen LogP contribution < -0.4 is 10.9 Å². The zero-order valence-electron chi connectivity index (χ0n) is 16.7. The number of hydrogen-bond donors (Lipinski definition) is 1. The van der Waals surface area contributed by atoms with Gasteiger partial charge in [-0.1, -0.05) is 19.3 Å².